The molecule has 1 aliphatic heterocycles. The fraction of sp³-hybridized carbons (Fsp3) is 0.353. The van der Waals surface area contributed by atoms with Crippen molar-refractivity contribution in [3.05, 3.63) is 47.6 Å². The highest BCUT2D eigenvalue weighted by Crippen LogP contribution is 2.26. The summed E-state index contributed by atoms with van der Waals surface area (Å²) in [4.78, 5) is 12.1. The molecule has 1 aromatic rings. The number of benzene rings is 1. The van der Waals surface area contributed by atoms with Crippen LogP contribution in [0.15, 0.2) is 42.0 Å². The van der Waals surface area contributed by atoms with Crippen LogP contribution in [-0.4, -0.2) is 19.2 Å². The first kappa shape index (κ1) is 13.0. The van der Waals surface area contributed by atoms with Crippen LogP contribution in [0.5, 0.6) is 5.75 Å². The topological polar surface area (TPSA) is 35.5 Å². The molecule has 1 atom stereocenters. The number of rotatable bonds is 3. The summed E-state index contributed by atoms with van der Waals surface area (Å²) in [5, 5.41) is 0. The number of carbonyl (C=O) groups is 1. The van der Waals surface area contributed by atoms with Crippen LogP contribution in [0.4, 0.5) is 0 Å². The molecule has 0 fully saturated rings. The maximum absolute atomic E-state index is 12.1. The standard InChI is InChI=1S/C17H18O3/c18-17(20-11-13-6-2-1-3-7-13)15-10-14-8-4-5-9-16(14)19-12-15/h1-2,4-5,8-10,13H,3,6-7,11-12H2. The van der Waals surface area contributed by atoms with E-state index < -0.39 is 0 Å². The Hall–Kier alpha value is -2.03. The third-order valence-electron chi connectivity index (χ3n) is 3.72. The molecule has 1 aromatic carbocycles. The summed E-state index contributed by atoms with van der Waals surface area (Å²) in [6.07, 6.45) is 9.41. The maximum Gasteiger partial charge on any atom is 0.337 e. The van der Waals surface area contributed by atoms with E-state index in [2.05, 4.69) is 12.2 Å². The highest BCUT2D eigenvalue weighted by atomic mass is 16.5. The predicted octanol–water partition coefficient (Wildman–Crippen LogP) is 3.36. The molecule has 0 bridgehead atoms. The van der Waals surface area contributed by atoms with E-state index in [0.717, 1.165) is 30.6 Å². The molecular formula is C17H18O3. The molecule has 1 unspecified atom stereocenters. The first-order valence-electron chi connectivity index (χ1n) is 7.07. The van der Waals surface area contributed by atoms with Crippen LogP contribution in [0.2, 0.25) is 0 Å². The second-order valence-electron chi connectivity index (χ2n) is 5.25. The van der Waals surface area contributed by atoms with E-state index in [0.29, 0.717) is 24.7 Å². The molecule has 104 valence electrons. The van der Waals surface area contributed by atoms with Gasteiger partial charge < -0.3 is 9.47 Å². The Labute approximate surface area is 118 Å². The monoisotopic (exact) mass is 270 g/mol. The van der Waals surface area contributed by atoms with Crippen LogP contribution >= 0.6 is 0 Å². The molecule has 1 heterocycles. The summed E-state index contributed by atoms with van der Waals surface area (Å²) < 4.78 is 11.0. The van der Waals surface area contributed by atoms with Crippen molar-refractivity contribution in [2.75, 3.05) is 13.2 Å². The Morgan fingerprint density at radius 1 is 1.30 bits per heavy atom. The lowest BCUT2D eigenvalue weighted by Crippen LogP contribution is -2.20. The second-order valence-corrected chi connectivity index (χ2v) is 5.25. The fourth-order valence-electron chi connectivity index (χ4n) is 2.53. The lowest BCUT2D eigenvalue weighted by atomic mass is 9.95. The molecule has 0 spiro atoms. The number of para-hydroxylation sites is 1. The normalized spacial score (nSPS) is 20.6. The Balaban J connectivity index is 1.60. The minimum absolute atomic E-state index is 0.256. The average Bonchev–Trinajstić information content (AvgIpc) is 2.53. The lowest BCUT2D eigenvalue weighted by molar-refractivity contribution is -0.140. The molecule has 0 N–H and O–H groups in total. The number of hydrogen-bond acceptors (Lipinski definition) is 3. The molecule has 0 aromatic heterocycles. The zero-order chi connectivity index (χ0) is 13.8. The number of allylic oxidation sites excluding steroid dienone is 2. The summed E-state index contributed by atoms with van der Waals surface area (Å²) in [7, 11) is 0. The van der Waals surface area contributed by atoms with Crippen LogP contribution < -0.4 is 4.74 Å². The van der Waals surface area contributed by atoms with Crippen LogP contribution in [0.3, 0.4) is 0 Å². The van der Waals surface area contributed by atoms with Gasteiger partial charge in [0.2, 0.25) is 0 Å². The molecule has 2 aliphatic rings. The van der Waals surface area contributed by atoms with Crippen molar-refractivity contribution in [1.82, 2.24) is 0 Å². The largest absolute Gasteiger partial charge is 0.488 e. The van der Waals surface area contributed by atoms with Gasteiger partial charge in [-0.15, -0.1) is 0 Å². The van der Waals surface area contributed by atoms with Gasteiger partial charge in [-0.25, -0.2) is 4.79 Å². The Bertz CT molecular complexity index is 557. The highest BCUT2D eigenvalue weighted by molar-refractivity contribution is 5.95. The average molecular weight is 270 g/mol. The number of ether oxygens (including phenoxy) is 2. The summed E-state index contributed by atoms with van der Waals surface area (Å²) in [5.74, 6) is 1.02. The minimum atomic E-state index is -0.256. The van der Waals surface area contributed by atoms with E-state index in [1.807, 2.05) is 30.3 Å². The van der Waals surface area contributed by atoms with Gasteiger partial charge in [-0.2, -0.15) is 0 Å². The first-order valence-corrected chi connectivity index (χ1v) is 7.07. The molecule has 3 rings (SSSR count). The molecule has 0 amide bonds. The Morgan fingerprint density at radius 3 is 3.05 bits per heavy atom. The number of carbonyl (C=O) groups excluding carboxylic acids is 1. The molecule has 1 aliphatic carbocycles. The van der Waals surface area contributed by atoms with Crippen molar-refractivity contribution >= 4 is 12.0 Å². The van der Waals surface area contributed by atoms with Crippen LogP contribution in [0.1, 0.15) is 24.8 Å². The molecule has 0 radical (unpaired) electrons. The van der Waals surface area contributed by atoms with E-state index in [9.17, 15) is 4.79 Å². The third-order valence-corrected chi connectivity index (χ3v) is 3.72. The summed E-state index contributed by atoms with van der Waals surface area (Å²) >= 11 is 0. The molecule has 0 saturated carbocycles. The zero-order valence-electron chi connectivity index (χ0n) is 11.4. The highest BCUT2D eigenvalue weighted by Gasteiger charge is 2.19. The second kappa shape index (κ2) is 5.95. The van der Waals surface area contributed by atoms with Gasteiger partial charge >= 0.3 is 5.97 Å². The van der Waals surface area contributed by atoms with Gasteiger partial charge in [0, 0.05) is 5.56 Å². The lowest BCUT2D eigenvalue weighted by Gasteiger charge is -2.20. The van der Waals surface area contributed by atoms with E-state index in [4.69, 9.17) is 9.47 Å². The van der Waals surface area contributed by atoms with E-state index in [1.54, 1.807) is 0 Å². The van der Waals surface area contributed by atoms with Gasteiger partial charge in [0.15, 0.2) is 0 Å². The fourth-order valence-corrected chi connectivity index (χ4v) is 2.53. The number of esters is 1. The van der Waals surface area contributed by atoms with E-state index in [-0.39, 0.29) is 5.97 Å². The van der Waals surface area contributed by atoms with E-state index >= 15 is 0 Å². The van der Waals surface area contributed by atoms with Crippen molar-refractivity contribution in [3.63, 3.8) is 0 Å². The minimum Gasteiger partial charge on any atom is -0.488 e. The molecule has 20 heavy (non-hydrogen) atoms. The summed E-state index contributed by atoms with van der Waals surface area (Å²) in [5.41, 5.74) is 1.53. The summed E-state index contributed by atoms with van der Waals surface area (Å²) in [6, 6.07) is 7.70. The van der Waals surface area contributed by atoms with E-state index in [1.165, 1.54) is 0 Å². The maximum atomic E-state index is 12.1. The van der Waals surface area contributed by atoms with Gasteiger partial charge in [-0.05, 0) is 37.3 Å². The Morgan fingerprint density at radius 2 is 2.20 bits per heavy atom. The quantitative estimate of drug-likeness (QED) is 0.624. The van der Waals surface area contributed by atoms with Crippen molar-refractivity contribution in [3.8, 4) is 5.75 Å². The molecule has 3 nitrogen and oxygen atoms in total. The molecule has 0 saturated heterocycles. The van der Waals surface area contributed by atoms with Gasteiger partial charge in [-0.3, -0.25) is 0 Å². The van der Waals surface area contributed by atoms with Crippen molar-refractivity contribution in [2.24, 2.45) is 5.92 Å². The van der Waals surface area contributed by atoms with Gasteiger partial charge in [0.05, 0.1) is 12.2 Å². The zero-order valence-corrected chi connectivity index (χ0v) is 11.4. The SMILES string of the molecule is O=C(OCC1CC=CCC1)C1=Cc2ccccc2OC1. The number of hydrogen-bond donors (Lipinski definition) is 0. The number of fused-ring (bicyclic) bond motifs is 1. The first-order chi connectivity index (χ1) is 9.83. The van der Waals surface area contributed by atoms with Gasteiger partial charge in [0.25, 0.3) is 0 Å². The molecule has 3 heteroatoms. The van der Waals surface area contributed by atoms with Crippen LogP contribution in [0, 0.1) is 5.92 Å². The summed E-state index contributed by atoms with van der Waals surface area (Å²) in [6.45, 7) is 0.794. The van der Waals surface area contributed by atoms with Crippen LogP contribution in [-0.2, 0) is 9.53 Å². The van der Waals surface area contributed by atoms with Gasteiger partial charge in [0.1, 0.15) is 12.4 Å². The smallest absolute Gasteiger partial charge is 0.337 e. The van der Waals surface area contributed by atoms with Crippen molar-refractivity contribution in [2.45, 2.75) is 19.3 Å². The van der Waals surface area contributed by atoms with Crippen LogP contribution in [0.25, 0.3) is 6.08 Å². The van der Waals surface area contributed by atoms with Gasteiger partial charge in [-0.1, -0.05) is 30.4 Å². The predicted molar refractivity (Wildman–Crippen MR) is 77.4 cm³/mol. The van der Waals surface area contributed by atoms with Crippen molar-refractivity contribution in [1.29, 1.82) is 0 Å². The Kier molecular flexibility index (Phi) is 3.86. The third kappa shape index (κ3) is 2.93. The van der Waals surface area contributed by atoms with Crippen molar-refractivity contribution < 1.29 is 14.3 Å². The molecular weight excluding hydrogens is 252 g/mol.